The number of aryl methyl sites for hydroxylation is 1. The zero-order chi connectivity index (χ0) is 15.2. The Hall–Kier alpha value is -0.790. The largest absolute Gasteiger partial charge is 0.0851 e. The van der Waals surface area contributed by atoms with Crippen LogP contribution in [0.25, 0.3) is 0 Å². The van der Waals surface area contributed by atoms with Crippen LogP contribution in [-0.2, 0) is 0 Å². The molecule has 0 aliphatic heterocycles. The first-order valence-corrected chi connectivity index (χ1v) is 10.9. The normalized spacial score (nSPS) is 20.6. The summed E-state index contributed by atoms with van der Waals surface area (Å²) in [5.41, 5.74) is 8.34. The predicted octanol–water partition coefficient (Wildman–Crippen LogP) is 6.18. The van der Waals surface area contributed by atoms with Gasteiger partial charge in [0.05, 0.1) is 24.9 Å². The molecule has 0 atom stereocenters. The highest BCUT2D eigenvalue weighted by Crippen LogP contribution is 2.54. The molecule has 22 heavy (non-hydrogen) atoms. The monoisotopic (exact) mass is 313 g/mol. The van der Waals surface area contributed by atoms with Crippen LogP contribution in [0.2, 0.25) is 0 Å². The highest BCUT2D eigenvalue weighted by atomic mass is 31.1. The molecule has 0 bridgehead atoms. The van der Waals surface area contributed by atoms with Gasteiger partial charge in [-0.15, -0.1) is 0 Å². The molecule has 0 amide bonds. The van der Waals surface area contributed by atoms with Crippen LogP contribution >= 0.6 is 7.92 Å². The molecule has 0 aromatic heterocycles. The molecular formula is C21H30P+. The van der Waals surface area contributed by atoms with Gasteiger partial charge in [0.2, 0.25) is 0 Å². The van der Waals surface area contributed by atoms with Gasteiger partial charge in [-0.1, -0.05) is 30.5 Å². The maximum absolute atomic E-state index is 3.85. The maximum atomic E-state index is 3.85. The topological polar surface area (TPSA) is 0 Å². The number of rotatable bonds is 2. The molecule has 0 heterocycles. The molecule has 2 aliphatic rings. The van der Waals surface area contributed by atoms with Gasteiger partial charge < -0.3 is 0 Å². The van der Waals surface area contributed by atoms with Gasteiger partial charge in [-0.2, -0.15) is 0 Å². The van der Waals surface area contributed by atoms with Crippen LogP contribution in [0.15, 0.2) is 24.3 Å². The lowest BCUT2D eigenvalue weighted by Crippen LogP contribution is -2.19. The van der Waals surface area contributed by atoms with Gasteiger partial charge in [-0.05, 0) is 76.3 Å². The summed E-state index contributed by atoms with van der Waals surface area (Å²) in [6.45, 7) is 2.15. The standard InChI is InChI=1S/C21H29P/c1-18-12-14-19(15-13-18)16-17-22(20-8-4-2-5-9-20)21-10-6-3-7-11-21/h12-15,20-21H,2-11H2,1H3/p+1. The fraction of sp³-hybridized carbons (Fsp3) is 0.619. The molecule has 2 fully saturated rings. The fourth-order valence-electron chi connectivity index (χ4n) is 4.15. The van der Waals surface area contributed by atoms with Crippen molar-refractivity contribution in [3.63, 3.8) is 0 Å². The third-order valence-electron chi connectivity index (χ3n) is 5.49. The molecule has 2 saturated carbocycles. The molecule has 0 saturated heterocycles. The summed E-state index contributed by atoms with van der Waals surface area (Å²) in [5, 5.41) is 0. The lowest BCUT2D eigenvalue weighted by atomic mass is 9.99. The molecule has 1 aromatic rings. The zero-order valence-corrected chi connectivity index (χ0v) is 15.0. The highest BCUT2D eigenvalue weighted by Gasteiger charge is 2.36. The van der Waals surface area contributed by atoms with E-state index in [2.05, 4.69) is 42.8 Å². The highest BCUT2D eigenvalue weighted by molar-refractivity contribution is 7.64. The minimum Gasteiger partial charge on any atom is -0.0581 e. The molecule has 1 aromatic carbocycles. The summed E-state index contributed by atoms with van der Waals surface area (Å²) in [6.07, 6.45) is 14.6. The van der Waals surface area contributed by atoms with Crippen molar-refractivity contribution in [2.24, 2.45) is 0 Å². The summed E-state index contributed by atoms with van der Waals surface area (Å²) >= 11 is 0. The van der Waals surface area contributed by atoms with Crippen molar-refractivity contribution >= 4 is 7.92 Å². The first-order valence-electron chi connectivity index (χ1n) is 9.28. The van der Waals surface area contributed by atoms with Crippen LogP contribution in [0.5, 0.6) is 0 Å². The van der Waals surface area contributed by atoms with Crippen LogP contribution in [0.3, 0.4) is 0 Å². The van der Waals surface area contributed by atoms with Crippen molar-refractivity contribution in [1.29, 1.82) is 0 Å². The molecule has 0 radical (unpaired) electrons. The Morgan fingerprint density at radius 3 is 1.77 bits per heavy atom. The summed E-state index contributed by atoms with van der Waals surface area (Å²) in [6, 6.07) is 8.78. The predicted molar refractivity (Wildman–Crippen MR) is 100 cm³/mol. The number of hydrogen-bond acceptors (Lipinski definition) is 0. The Labute approximate surface area is 137 Å². The van der Waals surface area contributed by atoms with Crippen LogP contribution in [-0.4, -0.2) is 11.3 Å². The summed E-state index contributed by atoms with van der Waals surface area (Å²) in [4.78, 5) is 0. The maximum Gasteiger partial charge on any atom is 0.0851 e. The van der Waals surface area contributed by atoms with Crippen LogP contribution in [0.1, 0.15) is 75.3 Å². The van der Waals surface area contributed by atoms with Crippen molar-refractivity contribution in [3.8, 4) is 11.6 Å². The Morgan fingerprint density at radius 2 is 1.27 bits per heavy atom. The van der Waals surface area contributed by atoms with Crippen molar-refractivity contribution in [3.05, 3.63) is 35.4 Å². The summed E-state index contributed by atoms with van der Waals surface area (Å²) in [5.74, 6) is 3.56. The smallest absolute Gasteiger partial charge is 0.0581 e. The van der Waals surface area contributed by atoms with E-state index >= 15 is 0 Å². The van der Waals surface area contributed by atoms with Crippen molar-refractivity contribution in [2.45, 2.75) is 82.4 Å². The van der Waals surface area contributed by atoms with Crippen molar-refractivity contribution in [1.82, 2.24) is 0 Å². The first kappa shape index (κ1) is 16.1. The van der Waals surface area contributed by atoms with E-state index in [4.69, 9.17) is 0 Å². The van der Waals surface area contributed by atoms with Crippen molar-refractivity contribution in [2.75, 3.05) is 0 Å². The second-order valence-electron chi connectivity index (χ2n) is 7.24. The van der Waals surface area contributed by atoms with Crippen LogP contribution in [0.4, 0.5) is 0 Å². The fourth-order valence-corrected chi connectivity index (χ4v) is 7.57. The Balaban J connectivity index is 1.76. The number of benzene rings is 1. The van der Waals surface area contributed by atoms with Crippen LogP contribution < -0.4 is 0 Å². The molecule has 1 heteroatoms. The quantitative estimate of drug-likeness (QED) is 0.451. The third kappa shape index (κ3) is 4.36. The van der Waals surface area contributed by atoms with E-state index in [1.54, 1.807) is 0 Å². The van der Waals surface area contributed by atoms with E-state index in [0.29, 0.717) is 0 Å². The summed E-state index contributed by atoms with van der Waals surface area (Å²) in [7, 11) is -0.515. The van der Waals surface area contributed by atoms with Gasteiger partial charge in [-0.3, -0.25) is 0 Å². The van der Waals surface area contributed by atoms with E-state index in [1.165, 1.54) is 75.3 Å². The van der Waals surface area contributed by atoms with E-state index in [1.807, 2.05) is 0 Å². The van der Waals surface area contributed by atoms with Gasteiger partial charge in [-0.25, -0.2) is 0 Å². The minimum absolute atomic E-state index is 0.515. The molecular weight excluding hydrogens is 283 g/mol. The van der Waals surface area contributed by atoms with Gasteiger partial charge in [0.25, 0.3) is 0 Å². The Morgan fingerprint density at radius 1 is 0.773 bits per heavy atom. The summed E-state index contributed by atoms with van der Waals surface area (Å²) < 4.78 is 0. The van der Waals surface area contributed by atoms with Crippen molar-refractivity contribution < 1.29 is 0 Å². The first-order chi connectivity index (χ1) is 10.8. The molecule has 3 rings (SSSR count). The van der Waals surface area contributed by atoms with E-state index in [0.717, 1.165) is 11.3 Å². The van der Waals surface area contributed by atoms with Gasteiger partial charge in [0.15, 0.2) is 0 Å². The lowest BCUT2D eigenvalue weighted by molar-refractivity contribution is 0.487. The lowest BCUT2D eigenvalue weighted by Gasteiger charge is -2.28. The molecule has 0 nitrogen and oxygen atoms in total. The molecule has 2 aliphatic carbocycles. The molecule has 0 N–H and O–H groups in total. The van der Waals surface area contributed by atoms with E-state index in [-0.39, 0.29) is 0 Å². The Kier molecular flexibility index (Phi) is 5.97. The van der Waals surface area contributed by atoms with Gasteiger partial charge >= 0.3 is 0 Å². The molecule has 0 unspecified atom stereocenters. The SMILES string of the molecule is Cc1ccc(C#C[PH+](C2CCCCC2)C2CCCCC2)cc1. The van der Waals surface area contributed by atoms with E-state index in [9.17, 15) is 0 Å². The second kappa shape index (κ2) is 8.17. The van der Waals surface area contributed by atoms with Crippen LogP contribution in [0, 0.1) is 18.5 Å². The zero-order valence-electron chi connectivity index (χ0n) is 14.0. The third-order valence-corrected chi connectivity index (χ3v) is 8.82. The van der Waals surface area contributed by atoms with Gasteiger partial charge in [0.1, 0.15) is 0 Å². The average molecular weight is 313 g/mol. The Bertz CT molecular complexity index is 489. The second-order valence-corrected chi connectivity index (χ2v) is 10.0. The minimum atomic E-state index is -0.515. The molecule has 118 valence electrons. The molecule has 0 spiro atoms. The van der Waals surface area contributed by atoms with E-state index < -0.39 is 7.92 Å². The average Bonchev–Trinajstić information content (AvgIpc) is 2.59. The number of hydrogen-bond donors (Lipinski definition) is 0. The van der Waals surface area contributed by atoms with Gasteiger partial charge in [0, 0.05) is 5.56 Å².